The van der Waals surface area contributed by atoms with Gasteiger partial charge in [-0.15, -0.1) is 0 Å². The molecule has 3 N–H and O–H groups in total. The third-order valence-corrected chi connectivity index (χ3v) is 3.56. The van der Waals surface area contributed by atoms with Gasteiger partial charge in [-0.3, -0.25) is 9.79 Å². The van der Waals surface area contributed by atoms with Crippen molar-refractivity contribution in [1.82, 2.24) is 10.3 Å². The number of carbonyl (C=O) groups is 1. The molecule has 1 aromatic heterocycles. The van der Waals surface area contributed by atoms with E-state index in [0.717, 1.165) is 5.82 Å². The summed E-state index contributed by atoms with van der Waals surface area (Å²) in [7, 11) is 0. The zero-order valence-electron chi connectivity index (χ0n) is 11.4. The third-order valence-electron chi connectivity index (χ3n) is 3.56. The van der Waals surface area contributed by atoms with E-state index in [1.807, 2.05) is 4.90 Å². The van der Waals surface area contributed by atoms with Crippen LogP contribution in [0.2, 0.25) is 0 Å². The fraction of sp³-hybridized carbons (Fsp3) is 0.357. The highest BCUT2D eigenvalue weighted by Crippen LogP contribution is 2.22. The number of aliphatic imine (C=N–C) groups is 1. The van der Waals surface area contributed by atoms with E-state index in [4.69, 9.17) is 5.73 Å². The molecule has 0 bridgehead atoms. The van der Waals surface area contributed by atoms with Crippen molar-refractivity contribution < 1.29 is 9.18 Å². The summed E-state index contributed by atoms with van der Waals surface area (Å²) in [6, 6.07) is 3.59. The minimum Gasteiger partial charge on any atom is -0.400 e. The van der Waals surface area contributed by atoms with Gasteiger partial charge in [0.15, 0.2) is 0 Å². The standard InChI is InChI=1S/C14H16FN5O/c15-9-3-4-20(8-9)13-2-1-10(5-18-13)17-6-11-12(16)7-19-14(11)21/h1-2,5-6,9H,3-4,7-8,16H2,(H,19,21). The molecular weight excluding hydrogens is 273 g/mol. The first-order valence-electron chi connectivity index (χ1n) is 6.79. The van der Waals surface area contributed by atoms with Crippen LogP contribution in [0.1, 0.15) is 6.42 Å². The lowest BCUT2D eigenvalue weighted by atomic mass is 10.2. The van der Waals surface area contributed by atoms with Crippen LogP contribution >= 0.6 is 0 Å². The maximum Gasteiger partial charge on any atom is 0.254 e. The summed E-state index contributed by atoms with van der Waals surface area (Å²) < 4.78 is 13.2. The number of aromatic nitrogens is 1. The predicted octanol–water partition coefficient (Wildman–Crippen LogP) is 0.675. The third kappa shape index (κ3) is 2.86. The Labute approximate surface area is 121 Å². The number of hydrogen-bond donors (Lipinski definition) is 2. The van der Waals surface area contributed by atoms with Gasteiger partial charge in [0.05, 0.1) is 30.5 Å². The molecule has 3 heterocycles. The molecule has 1 fully saturated rings. The molecule has 1 unspecified atom stereocenters. The first-order chi connectivity index (χ1) is 10.1. The number of rotatable bonds is 3. The number of carbonyl (C=O) groups excluding carboxylic acids is 1. The molecule has 1 aromatic rings. The van der Waals surface area contributed by atoms with Gasteiger partial charge in [-0.2, -0.15) is 0 Å². The highest BCUT2D eigenvalue weighted by Gasteiger charge is 2.22. The van der Waals surface area contributed by atoms with Crippen molar-refractivity contribution in [1.29, 1.82) is 0 Å². The summed E-state index contributed by atoms with van der Waals surface area (Å²) in [5, 5.41) is 2.62. The fourth-order valence-electron chi connectivity index (χ4n) is 2.36. The second kappa shape index (κ2) is 5.51. The van der Waals surface area contributed by atoms with Crippen molar-refractivity contribution in [2.24, 2.45) is 10.7 Å². The number of alkyl halides is 1. The van der Waals surface area contributed by atoms with Crippen molar-refractivity contribution in [3.63, 3.8) is 0 Å². The molecule has 2 aliphatic heterocycles. The van der Waals surface area contributed by atoms with E-state index in [9.17, 15) is 9.18 Å². The van der Waals surface area contributed by atoms with Crippen LogP contribution < -0.4 is 16.0 Å². The molecule has 21 heavy (non-hydrogen) atoms. The average Bonchev–Trinajstić information content (AvgIpc) is 3.05. The number of nitrogens with zero attached hydrogens (tertiary/aromatic N) is 3. The highest BCUT2D eigenvalue weighted by molar-refractivity contribution is 6.15. The van der Waals surface area contributed by atoms with E-state index in [0.29, 0.717) is 43.0 Å². The van der Waals surface area contributed by atoms with Crippen LogP contribution in [0.4, 0.5) is 15.9 Å². The molecule has 2 aliphatic rings. The molecule has 1 saturated heterocycles. The molecule has 3 rings (SSSR count). The smallest absolute Gasteiger partial charge is 0.254 e. The molecule has 0 aliphatic carbocycles. The lowest BCUT2D eigenvalue weighted by Gasteiger charge is -2.15. The first kappa shape index (κ1) is 13.5. The molecule has 1 atom stereocenters. The van der Waals surface area contributed by atoms with E-state index < -0.39 is 6.17 Å². The molecular formula is C14H16FN5O. The number of nitrogens with two attached hydrogens (primary N) is 1. The number of hydrogen-bond acceptors (Lipinski definition) is 5. The van der Waals surface area contributed by atoms with Gasteiger partial charge >= 0.3 is 0 Å². The van der Waals surface area contributed by atoms with Crippen LogP contribution in [0, 0.1) is 0 Å². The van der Waals surface area contributed by atoms with Crippen LogP contribution in [-0.4, -0.2) is 42.9 Å². The second-order valence-electron chi connectivity index (χ2n) is 5.09. The number of nitrogens with one attached hydrogen (secondary N) is 1. The van der Waals surface area contributed by atoms with E-state index >= 15 is 0 Å². The fourth-order valence-corrected chi connectivity index (χ4v) is 2.36. The number of anilines is 1. The highest BCUT2D eigenvalue weighted by atomic mass is 19.1. The van der Waals surface area contributed by atoms with Gasteiger partial charge in [0.1, 0.15) is 12.0 Å². The number of halogens is 1. The Morgan fingerprint density at radius 1 is 1.52 bits per heavy atom. The van der Waals surface area contributed by atoms with Gasteiger partial charge in [0.2, 0.25) is 0 Å². The van der Waals surface area contributed by atoms with E-state index in [2.05, 4.69) is 15.3 Å². The van der Waals surface area contributed by atoms with Crippen molar-refractivity contribution in [2.45, 2.75) is 12.6 Å². The first-order valence-corrected chi connectivity index (χ1v) is 6.79. The Hall–Kier alpha value is -2.44. The molecule has 110 valence electrons. The van der Waals surface area contributed by atoms with Crippen molar-refractivity contribution in [2.75, 3.05) is 24.5 Å². The van der Waals surface area contributed by atoms with E-state index in [-0.39, 0.29) is 5.91 Å². The lowest BCUT2D eigenvalue weighted by Crippen LogP contribution is -2.20. The molecule has 0 saturated carbocycles. The summed E-state index contributed by atoms with van der Waals surface area (Å²) in [6.07, 6.45) is 2.81. The maximum atomic E-state index is 13.2. The van der Waals surface area contributed by atoms with E-state index in [1.165, 1.54) is 6.21 Å². The van der Waals surface area contributed by atoms with Gasteiger partial charge in [0.25, 0.3) is 5.91 Å². The molecule has 6 nitrogen and oxygen atoms in total. The maximum absolute atomic E-state index is 13.2. The van der Waals surface area contributed by atoms with Gasteiger partial charge in [-0.05, 0) is 18.6 Å². The predicted molar refractivity (Wildman–Crippen MR) is 78.3 cm³/mol. The molecule has 1 amide bonds. The van der Waals surface area contributed by atoms with Gasteiger partial charge < -0.3 is 16.0 Å². The van der Waals surface area contributed by atoms with Crippen LogP contribution in [0.25, 0.3) is 0 Å². The summed E-state index contributed by atoms with van der Waals surface area (Å²) >= 11 is 0. The molecule has 0 radical (unpaired) electrons. The summed E-state index contributed by atoms with van der Waals surface area (Å²) in [5.74, 6) is 0.526. The molecule has 0 aromatic carbocycles. The quantitative estimate of drug-likeness (QED) is 0.801. The average molecular weight is 289 g/mol. The Bertz CT molecular complexity index is 610. The molecule has 7 heteroatoms. The molecule has 0 spiro atoms. The summed E-state index contributed by atoms with van der Waals surface area (Å²) in [5.41, 5.74) is 7.19. The van der Waals surface area contributed by atoms with Gasteiger partial charge in [0, 0.05) is 18.5 Å². The van der Waals surface area contributed by atoms with Gasteiger partial charge in [-0.25, -0.2) is 9.37 Å². The van der Waals surface area contributed by atoms with Crippen molar-refractivity contribution >= 4 is 23.6 Å². The summed E-state index contributed by atoms with van der Waals surface area (Å²) in [6.45, 7) is 1.43. The van der Waals surface area contributed by atoms with Crippen LogP contribution in [0.5, 0.6) is 0 Å². The zero-order chi connectivity index (χ0) is 14.8. The Morgan fingerprint density at radius 3 is 2.95 bits per heavy atom. The second-order valence-corrected chi connectivity index (χ2v) is 5.09. The largest absolute Gasteiger partial charge is 0.400 e. The Balaban J connectivity index is 1.70. The summed E-state index contributed by atoms with van der Waals surface area (Å²) in [4.78, 5) is 21.8. The zero-order valence-corrected chi connectivity index (χ0v) is 11.4. The van der Waals surface area contributed by atoms with Crippen LogP contribution in [0.15, 0.2) is 34.6 Å². The van der Waals surface area contributed by atoms with Crippen LogP contribution in [-0.2, 0) is 4.79 Å². The Morgan fingerprint density at radius 2 is 2.38 bits per heavy atom. The normalized spacial score (nSPS) is 22.4. The van der Waals surface area contributed by atoms with Crippen LogP contribution in [0.3, 0.4) is 0 Å². The van der Waals surface area contributed by atoms with Crippen molar-refractivity contribution in [3.05, 3.63) is 29.6 Å². The minimum atomic E-state index is -0.778. The van der Waals surface area contributed by atoms with Crippen molar-refractivity contribution in [3.8, 4) is 0 Å². The number of amides is 1. The monoisotopic (exact) mass is 289 g/mol. The lowest BCUT2D eigenvalue weighted by molar-refractivity contribution is -0.116. The Kier molecular flexibility index (Phi) is 3.55. The van der Waals surface area contributed by atoms with E-state index in [1.54, 1.807) is 18.3 Å². The number of pyridine rings is 1. The SMILES string of the molecule is NC1=C(C=Nc2ccc(N3CCC(F)C3)nc2)C(=O)NC1. The van der Waals surface area contributed by atoms with Gasteiger partial charge in [-0.1, -0.05) is 0 Å². The topological polar surface area (TPSA) is 83.6 Å². The minimum absolute atomic E-state index is 0.216.